The van der Waals surface area contributed by atoms with Gasteiger partial charge in [-0.15, -0.1) is 0 Å². The zero-order valence-electron chi connectivity index (χ0n) is 16.6. The van der Waals surface area contributed by atoms with Crippen molar-refractivity contribution in [2.75, 3.05) is 0 Å². The first-order chi connectivity index (χ1) is 12.9. The molecule has 0 spiro atoms. The highest BCUT2D eigenvalue weighted by molar-refractivity contribution is 5.37. The van der Waals surface area contributed by atoms with Gasteiger partial charge in [0.1, 0.15) is 11.5 Å². The molecule has 1 nitrogen and oxygen atoms in total. The van der Waals surface area contributed by atoms with Crippen molar-refractivity contribution < 1.29 is 4.74 Å². The van der Waals surface area contributed by atoms with E-state index < -0.39 is 0 Å². The lowest BCUT2D eigenvalue weighted by molar-refractivity contribution is 0.474. The monoisotopic (exact) mass is 352 g/mol. The zero-order chi connectivity index (χ0) is 18.3. The first-order valence-corrected chi connectivity index (χ1v) is 10.7. The summed E-state index contributed by atoms with van der Waals surface area (Å²) >= 11 is 0. The molecule has 2 aromatic rings. The van der Waals surface area contributed by atoms with Crippen LogP contribution in [0.25, 0.3) is 0 Å². The van der Waals surface area contributed by atoms with E-state index in [0.717, 1.165) is 17.9 Å². The Balaban J connectivity index is 1.58. The first-order valence-electron chi connectivity index (χ1n) is 10.7. The van der Waals surface area contributed by atoms with E-state index in [4.69, 9.17) is 4.74 Å². The Morgan fingerprint density at radius 3 is 1.77 bits per heavy atom. The summed E-state index contributed by atoms with van der Waals surface area (Å²) in [6, 6.07) is 18.5. The Hall–Kier alpha value is -1.76. The van der Waals surface area contributed by atoms with Crippen LogP contribution in [-0.4, -0.2) is 0 Å². The number of unbranched alkanes of at least 4 members (excludes halogenated alkanes) is 10. The van der Waals surface area contributed by atoms with Crippen LogP contribution in [0, 0.1) is 0 Å². The molecule has 0 N–H and O–H groups in total. The van der Waals surface area contributed by atoms with Gasteiger partial charge in [-0.25, -0.2) is 0 Å². The lowest BCUT2D eigenvalue weighted by atomic mass is 10.0. The molecule has 2 aromatic carbocycles. The number of para-hydroxylation sites is 2. The van der Waals surface area contributed by atoms with E-state index in [1.54, 1.807) is 0 Å². The van der Waals surface area contributed by atoms with Crippen molar-refractivity contribution in [1.82, 2.24) is 0 Å². The first kappa shape index (κ1) is 20.6. The number of rotatable bonds is 14. The third-order valence-corrected chi connectivity index (χ3v) is 4.99. The van der Waals surface area contributed by atoms with E-state index in [2.05, 4.69) is 31.2 Å². The lowest BCUT2D eigenvalue weighted by Gasteiger charge is -2.11. The van der Waals surface area contributed by atoms with Gasteiger partial charge in [0.15, 0.2) is 0 Å². The van der Waals surface area contributed by atoms with Crippen molar-refractivity contribution in [3.05, 3.63) is 60.2 Å². The summed E-state index contributed by atoms with van der Waals surface area (Å²) in [5.74, 6) is 1.92. The molecule has 0 bridgehead atoms. The normalized spacial score (nSPS) is 10.8. The number of benzene rings is 2. The van der Waals surface area contributed by atoms with Gasteiger partial charge in [0.2, 0.25) is 0 Å². The molecule has 1 heteroatoms. The average Bonchev–Trinajstić information content (AvgIpc) is 2.68. The van der Waals surface area contributed by atoms with E-state index >= 15 is 0 Å². The summed E-state index contributed by atoms with van der Waals surface area (Å²) in [6.07, 6.45) is 16.4. The SMILES string of the molecule is CCCCCCCCCCCCCc1ccccc1Oc1ccccc1. The van der Waals surface area contributed by atoms with Gasteiger partial charge >= 0.3 is 0 Å². The fraction of sp³-hybridized carbons (Fsp3) is 0.520. The van der Waals surface area contributed by atoms with Gasteiger partial charge in [-0.05, 0) is 36.6 Å². The fourth-order valence-electron chi connectivity index (χ4n) is 3.41. The maximum absolute atomic E-state index is 6.06. The summed E-state index contributed by atoms with van der Waals surface area (Å²) in [7, 11) is 0. The highest BCUT2D eigenvalue weighted by Crippen LogP contribution is 2.26. The van der Waals surface area contributed by atoms with Crippen molar-refractivity contribution >= 4 is 0 Å². The molecular weight excluding hydrogens is 316 g/mol. The Kier molecular flexibility index (Phi) is 10.6. The molecule has 0 aromatic heterocycles. The summed E-state index contributed by atoms with van der Waals surface area (Å²) in [6.45, 7) is 2.28. The fourth-order valence-corrected chi connectivity index (χ4v) is 3.41. The van der Waals surface area contributed by atoms with Crippen molar-refractivity contribution in [2.24, 2.45) is 0 Å². The minimum Gasteiger partial charge on any atom is -0.457 e. The topological polar surface area (TPSA) is 9.23 Å². The lowest BCUT2D eigenvalue weighted by Crippen LogP contribution is -1.92. The molecule has 0 aliphatic heterocycles. The molecule has 0 fully saturated rings. The molecule has 0 radical (unpaired) electrons. The molecule has 142 valence electrons. The van der Waals surface area contributed by atoms with E-state index in [9.17, 15) is 0 Å². The van der Waals surface area contributed by atoms with E-state index in [-0.39, 0.29) is 0 Å². The van der Waals surface area contributed by atoms with Gasteiger partial charge in [0.05, 0.1) is 0 Å². The van der Waals surface area contributed by atoms with Crippen LogP contribution in [0.5, 0.6) is 11.5 Å². The maximum Gasteiger partial charge on any atom is 0.130 e. The van der Waals surface area contributed by atoms with E-state index in [1.807, 2.05) is 30.3 Å². The highest BCUT2D eigenvalue weighted by atomic mass is 16.5. The summed E-state index contributed by atoms with van der Waals surface area (Å²) in [5.41, 5.74) is 1.33. The second-order valence-corrected chi connectivity index (χ2v) is 7.31. The molecule has 0 saturated carbocycles. The van der Waals surface area contributed by atoms with Crippen molar-refractivity contribution in [3.8, 4) is 11.5 Å². The molecule has 0 aliphatic carbocycles. The number of ether oxygens (including phenoxy) is 1. The zero-order valence-corrected chi connectivity index (χ0v) is 16.6. The Bertz CT molecular complexity index is 576. The Morgan fingerprint density at radius 2 is 1.12 bits per heavy atom. The van der Waals surface area contributed by atoms with Crippen LogP contribution in [0.15, 0.2) is 54.6 Å². The molecule has 2 rings (SSSR count). The van der Waals surface area contributed by atoms with Crippen LogP contribution in [-0.2, 0) is 6.42 Å². The van der Waals surface area contributed by atoms with Crippen molar-refractivity contribution in [1.29, 1.82) is 0 Å². The van der Waals surface area contributed by atoms with Crippen LogP contribution in [0.1, 0.15) is 83.1 Å². The van der Waals surface area contributed by atoms with E-state index in [1.165, 1.54) is 76.2 Å². The van der Waals surface area contributed by atoms with Gasteiger partial charge in [0, 0.05) is 0 Å². The Morgan fingerprint density at radius 1 is 0.577 bits per heavy atom. The number of hydrogen-bond donors (Lipinski definition) is 0. The molecule has 0 aliphatic rings. The van der Waals surface area contributed by atoms with Crippen LogP contribution in [0.3, 0.4) is 0 Å². The predicted octanol–water partition coefficient (Wildman–Crippen LogP) is 8.33. The highest BCUT2D eigenvalue weighted by Gasteiger charge is 2.04. The minimum absolute atomic E-state index is 0.916. The summed E-state index contributed by atoms with van der Waals surface area (Å²) in [5, 5.41) is 0. The second kappa shape index (κ2) is 13.4. The molecule has 26 heavy (non-hydrogen) atoms. The average molecular weight is 353 g/mol. The van der Waals surface area contributed by atoms with Crippen molar-refractivity contribution in [3.63, 3.8) is 0 Å². The van der Waals surface area contributed by atoms with Crippen LogP contribution in [0.4, 0.5) is 0 Å². The third-order valence-electron chi connectivity index (χ3n) is 4.99. The molecule has 0 atom stereocenters. The second-order valence-electron chi connectivity index (χ2n) is 7.31. The number of hydrogen-bond acceptors (Lipinski definition) is 1. The smallest absolute Gasteiger partial charge is 0.130 e. The van der Waals surface area contributed by atoms with E-state index in [0.29, 0.717) is 0 Å². The van der Waals surface area contributed by atoms with Gasteiger partial charge in [-0.1, -0.05) is 108 Å². The molecule has 0 heterocycles. The van der Waals surface area contributed by atoms with Gasteiger partial charge in [0.25, 0.3) is 0 Å². The Labute approximate surface area is 160 Å². The quantitative estimate of drug-likeness (QED) is 0.310. The minimum atomic E-state index is 0.916. The predicted molar refractivity (Wildman–Crippen MR) is 113 cm³/mol. The van der Waals surface area contributed by atoms with Crippen LogP contribution >= 0.6 is 0 Å². The molecule has 0 unspecified atom stereocenters. The van der Waals surface area contributed by atoms with Gasteiger partial charge in [-0.2, -0.15) is 0 Å². The van der Waals surface area contributed by atoms with Crippen molar-refractivity contribution in [2.45, 2.75) is 84.0 Å². The molecule has 0 saturated heterocycles. The van der Waals surface area contributed by atoms with Gasteiger partial charge in [-0.3, -0.25) is 0 Å². The largest absolute Gasteiger partial charge is 0.457 e. The molecule has 0 amide bonds. The molecular formula is C25H36O. The van der Waals surface area contributed by atoms with Crippen LogP contribution in [0.2, 0.25) is 0 Å². The standard InChI is InChI=1S/C25H36O/c1-2-3-4-5-6-7-8-9-10-11-13-18-23-19-16-17-22-25(23)26-24-20-14-12-15-21-24/h12,14-17,19-22H,2-11,13,18H2,1H3. The van der Waals surface area contributed by atoms with Gasteiger partial charge < -0.3 is 4.74 Å². The summed E-state index contributed by atoms with van der Waals surface area (Å²) in [4.78, 5) is 0. The van der Waals surface area contributed by atoms with Crippen LogP contribution < -0.4 is 4.74 Å². The number of aryl methyl sites for hydroxylation is 1. The summed E-state index contributed by atoms with van der Waals surface area (Å²) < 4.78 is 6.06. The maximum atomic E-state index is 6.06. The third kappa shape index (κ3) is 8.56.